The first-order chi connectivity index (χ1) is 62.5. The molecule has 12 aliphatic heterocycles. The number of carbonyl (C=O) groups is 3. The van der Waals surface area contributed by atoms with Gasteiger partial charge in [-0.2, -0.15) is 0 Å². The summed E-state index contributed by atoms with van der Waals surface area (Å²) in [5.74, 6) is -2.69. The fourth-order valence-electron chi connectivity index (χ4n) is 18.0. The summed E-state index contributed by atoms with van der Waals surface area (Å²) in [6.07, 6.45) is -108. The third kappa shape index (κ3) is 23.1. The minimum Gasteiger partial charge on any atom is -0.394 e. The maximum absolute atomic E-state index is 13.5. The molecule has 55 nitrogen and oxygen atoms in total. The summed E-state index contributed by atoms with van der Waals surface area (Å²) < 4.78 is 139. The van der Waals surface area contributed by atoms with Gasteiger partial charge >= 0.3 is 0 Å². The Morgan fingerprint density at radius 1 is 0.195 bits per heavy atom. The fraction of sp³-hybridized carbons (Fsp3) is 0.962. The molecule has 12 fully saturated rings. The van der Waals surface area contributed by atoms with Crippen LogP contribution in [0.15, 0.2) is 0 Å². The fourth-order valence-corrected chi connectivity index (χ4v) is 18.0. The van der Waals surface area contributed by atoms with Crippen LogP contribution >= 0.6 is 0 Å². The number of amides is 3. The summed E-state index contributed by atoms with van der Waals surface area (Å²) in [6.45, 7) is 11.2. The SMILES string of the molecule is CC(=O)N[C@H]1[C@H](O[C@H]2[C@H](O[C@H]3[C@H](O[C@@H]4[C@@H](O)[C@H](C)O[C@@H](O[C@H]5[C@H](O)[C@@H](CO)O[C@@H](O[C@H]6[C@H](O[C@H]7[C@H](O[C@@H]8[C@@H](O)[C@H](C)O[C@@H](O[C@H]9[C@H](O)[C@@H](CO)O[C@@H](O[C@H]%10[C@H](O[C@H]%11C(O)O[C@@H](C)[C@H](O)[C@H]%11O)O[C@@H](C)[C@H](O)[C@H]%10O)[C@@H]9NC(C)=O)[C@@H]8O)O[C@@H](C)[C@H](O)[C@H]7O)O[C@@H](C)[C@H](O)[C@H]6O)[C@@H]5NC(C)=O)[C@@H]4O)O[C@@H](C)[C@H](O)[C@H]3O)O[C@@H](C)[C@H](O)[C@H]2O)O[C@H](CO)[C@@H](O)[C@@H]1O[C@@H]1O[C@@H](C)[C@H](O)[C@@H](O)[C@H]1O. The molecule has 0 aromatic rings. The third-order valence-electron chi connectivity index (χ3n) is 26.0. The molecule has 0 radical (unpaired) electrons. The average molecular weight is 1940 g/mol. The van der Waals surface area contributed by atoms with Crippen molar-refractivity contribution in [1.29, 1.82) is 0 Å². The molecule has 0 aliphatic carbocycles. The molecular weight excluding hydrogens is 1810 g/mol. The monoisotopic (exact) mass is 1940 g/mol. The molecule has 3 amide bonds. The molecule has 12 rings (SSSR count). The second kappa shape index (κ2) is 45.4. The molecule has 770 valence electrons. The van der Waals surface area contributed by atoms with E-state index >= 15 is 0 Å². The summed E-state index contributed by atoms with van der Waals surface area (Å²) >= 11 is 0. The summed E-state index contributed by atoms with van der Waals surface area (Å²) in [6, 6.07) is -5.53. The van der Waals surface area contributed by atoms with Crippen LogP contribution in [0.3, 0.4) is 0 Å². The van der Waals surface area contributed by atoms with Gasteiger partial charge in [-0.05, 0) is 62.3 Å². The van der Waals surface area contributed by atoms with Crippen molar-refractivity contribution in [2.75, 3.05) is 19.8 Å². The normalized spacial score (nSPS) is 53.6. The maximum atomic E-state index is 13.5. The number of carbonyl (C=O) groups excluding carboxylic acids is 3. The molecule has 12 heterocycles. The van der Waals surface area contributed by atoms with Crippen LogP contribution < -0.4 is 16.0 Å². The zero-order valence-corrected chi connectivity index (χ0v) is 74.0. The van der Waals surface area contributed by atoms with Gasteiger partial charge in [-0.25, -0.2) is 0 Å². The van der Waals surface area contributed by atoms with Gasteiger partial charge in [-0.3, -0.25) is 14.4 Å². The van der Waals surface area contributed by atoms with Crippen molar-refractivity contribution in [3.63, 3.8) is 0 Å². The Kier molecular flexibility index (Phi) is 36.9. The van der Waals surface area contributed by atoms with Crippen LogP contribution in [0.4, 0.5) is 0 Å². The Hall–Kier alpha value is -3.55. The standard InChI is InChI=1S/C78H131N3O52/c1-16-35(89)47(101)61(67(110)111-16)128-76-62(48(102)36(90)20(5)117-76)129-69-32(80-26(11)86)57(44(98)29(14-83)121-69)124-72-54(108)59(41(95)23(8)113-72)126-75-66(52(106)40(94)19(4)116-75)133-78-64(50(104)38(92)22(7)119-78)131-70-33(81-27(12)87)58(45(99)30(15-84)122-70)125-73-55(109)60(42(96)24(9)114-73)127-74-65(51(105)39(93)18(3)115-74)132-77-63(49(103)37(91)21(6)118-77)130-68-31(79-25(10)85)56(43(97)28(13-82)120-68)123-71-53(107)46(100)34(88)17(2)112-71/h16-24,28-78,82-84,88-110H,13-15H2,1-12H3,(H,79,85)(H,80,86)(H,81,87)/t16-,17-,18-,19-,20-,21-,22-,23-,24-,28+,29+,30+,31+,32+,33+,34-,35-,36-,37-,38-,39-,40-,41-,42-,43+,44+,45+,46+,47+,48+,49+,50+,51+,52+,53+,54+,55+,56+,57+,58+,59+,60+,61+,62+,63+,64+,65+,66+,67?,68-,69-,70-,71-,72-,73-,74-,75-,76-,77-,78-/m0/s1. The van der Waals surface area contributed by atoms with Gasteiger partial charge in [0.2, 0.25) is 17.7 Å². The highest BCUT2D eigenvalue weighted by Gasteiger charge is 2.63. The van der Waals surface area contributed by atoms with E-state index < -0.39 is 406 Å². The minimum atomic E-state index is -2.33. The quantitative estimate of drug-likeness (QED) is 0.0346. The largest absolute Gasteiger partial charge is 0.394 e. The van der Waals surface area contributed by atoms with E-state index in [1.165, 1.54) is 62.3 Å². The Morgan fingerprint density at radius 3 is 0.632 bits per heavy atom. The van der Waals surface area contributed by atoms with Gasteiger partial charge in [-0.15, -0.1) is 0 Å². The second-order valence-corrected chi connectivity index (χ2v) is 35.7. The molecule has 60 atom stereocenters. The second-order valence-electron chi connectivity index (χ2n) is 35.7. The van der Waals surface area contributed by atoms with Crippen molar-refractivity contribution < 1.29 is 256 Å². The molecule has 0 aromatic carbocycles. The van der Waals surface area contributed by atoms with Crippen LogP contribution in [0.5, 0.6) is 0 Å². The van der Waals surface area contributed by atoms with Crippen LogP contribution in [0, 0.1) is 0 Å². The van der Waals surface area contributed by atoms with Gasteiger partial charge in [-0.1, -0.05) is 0 Å². The number of hydrogen-bond acceptors (Lipinski definition) is 52. The van der Waals surface area contributed by atoms with E-state index in [-0.39, 0.29) is 0 Å². The van der Waals surface area contributed by atoms with Gasteiger partial charge in [0.1, 0.15) is 238 Å². The Balaban J connectivity index is 0.771. The predicted octanol–water partition coefficient (Wildman–Crippen LogP) is -17.5. The first kappa shape index (κ1) is 108. The van der Waals surface area contributed by atoms with Crippen LogP contribution in [-0.2, 0) is 123 Å². The van der Waals surface area contributed by atoms with Gasteiger partial charge in [0.25, 0.3) is 0 Å². The van der Waals surface area contributed by atoms with Crippen LogP contribution in [0.25, 0.3) is 0 Å². The average Bonchev–Trinajstić information content (AvgIpc) is 0.767. The zero-order chi connectivity index (χ0) is 97.9. The molecule has 133 heavy (non-hydrogen) atoms. The van der Waals surface area contributed by atoms with Crippen LogP contribution in [0.1, 0.15) is 83.1 Å². The lowest BCUT2D eigenvalue weighted by Gasteiger charge is -2.51. The molecular formula is C78H131N3O52. The predicted molar refractivity (Wildman–Crippen MR) is 417 cm³/mol. The first-order valence-electron chi connectivity index (χ1n) is 43.9. The van der Waals surface area contributed by atoms with Crippen molar-refractivity contribution in [2.24, 2.45) is 0 Å². The number of aliphatic hydroxyl groups is 26. The van der Waals surface area contributed by atoms with Crippen molar-refractivity contribution in [1.82, 2.24) is 16.0 Å². The lowest BCUT2D eigenvalue weighted by molar-refractivity contribution is -0.406. The third-order valence-corrected chi connectivity index (χ3v) is 26.0. The molecule has 0 spiro atoms. The van der Waals surface area contributed by atoms with Crippen molar-refractivity contribution in [3.8, 4) is 0 Å². The van der Waals surface area contributed by atoms with Crippen LogP contribution in [0.2, 0.25) is 0 Å². The van der Waals surface area contributed by atoms with Gasteiger partial charge < -0.3 is 258 Å². The molecule has 29 N–H and O–H groups in total. The van der Waals surface area contributed by atoms with Gasteiger partial charge in [0.05, 0.1) is 74.8 Å². The lowest BCUT2D eigenvalue weighted by Crippen LogP contribution is -2.70. The van der Waals surface area contributed by atoms with Crippen molar-refractivity contribution >= 4 is 17.7 Å². The summed E-state index contributed by atoms with van der Waals surface area (Å²) in [4.78, 5) is 39.6. The van der Waals surface area contributed by atoms with E-state index in [2.05, 4.69) is 16.0 Å². The summed E-state index contributed by atoms with van der Waals surface area (Å²) in [5, 5.41) is 305. The van der Waals surface area contributed by atoms with Crippen molar-refractivity contribution in [3.05, 3.63) is 0 Å². The Labute approximate surface area is 758 Å². The molecule has 12 saturated heterocycles. The summed E-state index contributed by atoms with van der Waals surface area (Å²) in [5.41, 5.74) is 0. The highest BCUT2D eigenvalue weighted by molar-refractivity contribution is 5.74. The number of ether oxygens (including phenoxy) is 23. The zero-order valence-electron chi connectivity index (χ0n) is 74.0. The molecule has 0 saturated carbocycles. The van der Waals surface area contributed by atoms with Gasteiger partial charge in [0, 0.05) is 20.8 Å². The van der Waals surface area contributed by atoms with E-state index in [1.807, 2.05) is 0 Å². The number of nitrogens with one attached hydrogen (secondary N) is 3. The van der Waals surface area contributed by atoms with E-state index in [0.29, 0.717) is 0 Å². The first-order valence-corrected chi connectivity index (χ1v) is 43.9. The molecule has 1 unspecified atom stereocenters. The topological polar surface area (TPSA) is 826 Å². The lowest BCUT2D eigenvalue weighted by atomic mass is 9.94. The van der Waals surface area contributed by atoms with Crippen LogP contribution in [-0.4, -0.2) is 539 Å². The minimum absolute atomic E-state index is 0.851. The molecule has 0 bridgehead atoms. The Bertz CT molecular complexity index is 3690. The smallest absolute Gasteiger partial charge is 0.217 e. The van der Waals surface area contributed by atoms with E-state index in [0.717, 1.165) is 20.8 Å². The maximum Gasteiger partial charge on any atom is 0.217 e. The Morgan fingerprint density at radius 2 is 0.383 bits per heavy atom. The van der Waals surface area contributed by atoms with E-state index in [9.17, 15) is 147 Å². The van der Waals surface area contributed by atoms with E-state index in [4.69, 9.17) is 109 Å². The number of hydrogen-bond donors (Lipinski definition) is 29. The molecule has 12 aliphatic rings. The molecule has 0 aromatic heterocycles. The van der Waals surface area contributed by atoms with Gasteiger partial charge in [0.15, 0.2) is 75.5 Å². The highest BCUT2D eigenvalue weighted by Crippen LogP contribution is 2.43. The number of rotatable bonds is 28. The van der Waals surface area contributed by atoms with Crippen molar-refractivity contribution in [2.45, 2.75) is 451 Å². The van der Waals surface area contributed by atoms with E-state index in [1.54, 1.807) is 0 Å². The summed E-state index contributed by atoms with van der Waals surface area (Å²) in [7, 11) is 0. The highest BCUT2D eigenvalue weighted by atomic mass is 16.8. The number of aliphatic hydroxyl groups excluding tert-OH is 26. The molecule has 55 heteroatoms.